The number of alkyl carbamates (subject to hydrolysis) is 6. The first-order chi connectivity index (χ1) is 46.4. The van der Waals surface area contributed by atoms with E-state index in [2.05, 4.69) is 31.9 Å². The zero-order valence-corrected chi connectivity index (χ0v) is 64.2. The van der Waals surface area contributed by atoms with Gasteiger partial charge in [0.2, 0.25) is 0 Å². The summed E-state index contributed by atoms with van der Waals surface area (Å²) in [6.07, 6.45) is -36.6. The number of benzene rings is 1. The van der Waals surface area contributed by atoms with Crippen molar-refractivity contribution in [1.82, 2.24) is 31.9 Å². The third-order valence-electron chi connectivity index (χ3n) is 15.7. The zero-order chi connectivity index (χ0) is 77.7. The molecule has 5 rings (SSSR count). The van der Waals surface area contributed by atoms with Gasteiger partial charge in [-0.25, -0.2) is 28.8 Å². The van der Waals surface area contributed by atoms with Crippen LogP contribution in [-0.2, 0) is 71.1 Å². The van der Waals surface area contributed by atoms with E-state index in [9.17, 15) is 59.4 Å². The molecule has 1 saturated carbocycles. The minimum absolute atomic E-state index is 0.0293. The summed E-state index contributed by atoms with van der Waals surface area (Å²) in [5.74, 6) is -0.807. The predicted octanol–water partition coefficient (Wildman–Crippen LogP) is 5.28. The molecule has 3 heterocycles. The number of carbonyl (C=O) groups excluding carboxylic acids is 6. The lowest BCUT2D eigenvalue weighted by Crippen LogP contribution is -2.70. The number of aliphatic hydroxyl groups is 6. The highest BCUT2D eigenvalue weighted by Crippen LogP contribution is 2.40. The van der Waals surface area contributed by atoms with E-state index in [4.69, 9.17) is 61.0 Å². The van der Waals surface area contributed by atoms with Crippen LogP contribution in [0.15, 0.2) is 17.0 Å². The van der Waals surface area contributed by atoms with Gasteiger partial charge in [0.25, 0.3) is 10.1 Å². The van der Waals surface area contributed by atoms with Crippen molar-refractivity contribution >= 4 is 46.7 Å². The molecule has 586 valence electrons. The van der Waals surface area contributed by atoms with Gasteiger partial charge in [-0.2, -0.15) is 8.42 Å². The van der Waals surface area contributed by atoms with Crippen LogP contribution in [0.5, 0.6) is 0 Å². The highest BCUT2D eigenvalue weighted by atomic mass is 32.2. The molecule has 19 atom stereocenters. The molecule has 4 fully saturated rings. The van der Waals surface area contributed by atoms with E-state index in [0.717, 1.165) is 5.56 Å². The fourth-order valence-corrected chi connectivity index (χ4v) is 12.9. The second kappa shape index (κ2) is 34.2. The molecule has 3 saturated heterocycles. The van der Waals surface area contributed by atoms with Crippen LogP contribution in [0.25, 0.3) is 0 Å². The van der Waals surface area contributed by atoms with Gasteiger partial charge in [0, 0.05) is 13.1 Å². The van der Waals surface area contributed by atoms with Crippen molar-refractivity contribution in [3.63, 3.8) is 0 Å². The highest BCUT2D eigenvalue weighted by molar-refractivity contribution is 7.86. The summed E-state index contributed by atoms with van der Waals surface area (Å²) in [5, 5.41) is 88.3. The largest absolute Gasteiger partial charge is 0.444 e. The molecule has 12 N–H and O–H groups in total. The second-order valence-corrected chi connectivity index (χ2v) is 34.5. The Morgan fingerprint density at radius 2 is 0.755 bits per heavy atom. The normalized spacial score (nSPS) is 29.9. The number of amides is 6. The van der Waals surface area contributed by atoms with Crippen LogP contribution in [0.3, 0.4) is 0 Å². The topological polar surface area (TPSA) is 450 Å². The highest BCUT2D eigenvalue weighted by Gasteiger charge is 2.58. The van der Waals surface area contributed by atoms with Crippen molar-refractivity contribution in [3.8, 4) is 0 Å². The lowest BCUT2D eigenvalue weighted by Gasteiger charge is -2.49. The van der Waals surface area contributed by atoms with Crippen molar-refractivity contribution in [1.29, 1.82) is 0 Å². The smallest absolute Gasteiger partial charge is 0.408 e. The number of hydrogen-bond acceptors (Lipinski definition) is 27. The Morgan fingerprint density at radius 1 is 0.422 bits per heavy atom. The summed E-state index contributed by atoms with van der Waals surface area (Å²) < 4.78 is 109. The number of carbonyl (C=O) groups is 6. The van der Waals surface area contributed by atoms with E-state index in [-0.39, 0.29) is 22.6 Å². The van der Waals surface area contributed by atoms with Gasteiger partial charge in [-0.05, 0) is 165 Å². The predicted molar refractivity (Wildman–Crippen MR) is 364 cm³/mol. The third-order valence-corrected chi connectivity index (χ3v) is 17.1. The SMILES string of the molecule is CC(C)c1cc(C(C)C)c(S(=O)(=O)OC[C@@H]2O[C@H](OC3C(O)[C@H](NC(=O)OC(C)(C)C)CC(NC(=O)OC(C)(C)C)[C@@H]3O[C@@H]3OC(CNC(=O)OC(C)(C)C)[C@H](O)C(O)C3NC(=O)OC(C)(C)C)C(O)C2OC2O[C@H](CNC(=O)OC(C)(C)C)C(O)C(O)[C@@H]2NC(=O)OC(C)(C)C)c(C(C)C)c1. The number of rotatable bonds is 21. The molecular formula is C68H116N6O27S. The summed E-state index contributed by atoms with van der Waals surface area (Å²) >= 11 is 0. The molecule has 1 aromatic carbocycles. The Balaban J connectivity index is 1.77. The maximum Gasteiger partial charge on any atom is 0.408 e. The van der Waals surface area contributed by atoms with E-state index in [1.165, 1.54) is 0 Å². The first-order valence-corrected chi connectivity index (χ1v) is 35.8. The Labute approximate surface area is 598 Å². The molecule has 102 heavy (non-hydrogen) atoms. The minimum atomic E-state index is -4.88. The molecular weight excluding hydrogens is 1360 g/mol. The lowest BCUT2D eigenvalue weighted by molar-refractivity contribution is -0.311. The van der Waals surface area contributed by atoms with Gasteiger partial charge in [0.05, 0.1) is 18.7 Å². The third kappa shape index (κ3) is 25.8. The summed E-state index contributed by atoms with van der Waals surface area (Å²) in [7, 11) is -4.88. The van der Waals surface area contributed by atoms with Crippen LogP contribution in [0, 0.1) is 0 Å². The standard InChI is InChI=1S/C68H116N6O27S/c1-31(2)34-25-35(32(3)4)53(36(26-34)33(5)6)102(87,88)89-30-41-51(94-55-43(74-62(86)101-68(22,23)24)48(79)46(77)40(91-55)29-70-58(82)97-64(10,11)12)49(80)56(92-41)95-52-44(75)37(71-59(83)98-65(13,14)15)27-38(72-60(84)99-66(16,17)18)50(52)93-54-42(73-61(85)100-67(19,20)21)47(78)45(76)39(90-54)28-69-57(81)96-63(7,8)9/h25-26,31-33,37-52,54-56,75-80H,27-30H2,1-24H3,(H,69,81)(H,70,82)(H,71,83)(H,72,84)(H,73,85)(H,74,86)/t37-,38?,39?,40-,41+,42?,43+,44?,45+,46?,47?,48?,49?,50+,51?,52?,54+,55?,56-/m1/s1. The van der Waals surface area contributed by atoms with Gasteiger partial charge in [-0.1, -0.05) is 53.7 Å². The van der Waals surface area contributed by atoms with E-state index in [1.54, 1.807) is 137 Å². The van der Waals surface area contributed by atoms with Crippen LogP contribution >= 0.6 is 0 Å². The molecule has 0 spiro atoms. The van der Waals surface area contributed by atoms with Crippen molar-refractivity contribution in [2.75, 3.05) is 19.7 Å². The molecule has 1 aliphatic carbocycles. The molecule has 11 unspecified atom stereocenters. The van der Waals surface area contributed by atoms with Gasteiger partial charge >= 0.3 is 36.6 Å². The van der Waals surface area contributed by atoms with E-state index in [1.807, 2.05) is 41.5 Å². The summed E-state index contributed by atoms with van der Waals surface area (Å²) in [5.41, 5.74) is -4.95. The Bertz CT molecular complexity index is 3080. The zero-order valence-electron chi connectivity index (χ0n) is 63.3. The number of hydrogen-bond donors (Lipinski definition) is 12. The molecule has 34 heteroatoms. The second-order valence-electron chi connectivity index (χ2n) is 33.0. The molecule has 4 aliphatic rings. The van der Waals surface area contributed by atoms with E-state index >= 15 is 8.42 Å². The van der Waals surface area contributed by atoms with Crippen LogP contribution in [0.2, 0.25) is 0 Å². The summed E-state index contributed by atoms with van der Waals surface area (Å²) in [4.78, 5) is 81.4. The quantitative estimate of drug-likeness (QED) is 0.0550. The monoisotopic (exact) mass is 1480 g/mol. The van der Waals surface area contributed by atoms with Crippen molar-refractivity contribution < 1.29 is 129 Å². The van der Waals surface area contributed by atoms with Crippen molar-refractivity contribution in [2.45, 2.75) is 345 Å². The van der Waals surface area contributed by atoms with Gasteiger partial charge in [0.1, 0.15) is 124 Å². The van der Waals surface area contributed by atoms with E-state index < -0.39 is 223 Å². The molecule has 6 amide bonds. The van der Waals surface area contributed by atoms with Crippen LogP contribution < -0.4 is 31.9 Å². The molecule has 33 nitrogen and oxygen atoms in total. The molecule has 0 radical (unpaired) electrons. The maximum atomic E-state index is 15.1. The molecule has 0 bridgehead atoms. The van der Waals surface area contributed by atoms with Gasteiger partial charge in [0.15, 0.2) is 18.9 Å². The average Bonchev–Trinajstić information content (AvgIpc) is 1.15. The fraction of sp³-hybridized carbons (Fsp3) is 0.824. The minimum Gasteiger partial charge on any atom is -0.444 e. The van der Waals surface area contributed by atoms with Crippen LogP contribution in [0.1, 0.15) is 207 Å². The Morgan fingerprint density at radius 3 is 1.12 bits per heavy atom. The Kier molecular flexibility index (Phi) is 29.2. The molecule has 3 aliphatic heterocycles. The van der Waals surface area contributed by atoms with Crippen molar-refractivity contribution in [2.24, 2.45) is 0 Å². The Hall–Kier alpha value is -5.73. The number of ether oxygens (including phenoxy) is 12. The summed E-state index contributed by atoms with van der Waals surface area (Å²) in [6, 6.07) is -3.24. The van der Waals surface area contributed by atoms with Crippen LogP contribution in [0.4, 0.5) is 28.8 Å². The lowest BCUT2D eigenvalue weighted by atomic mass is 9.83. The van der Waals surface area contributed by atoms with Gasteiger partial charge < -0.3 is 119 Å². The number of aliphatic hydroxyl groups excluding tert-OH is 6. The van der Waals surface area contributed by atoms with Crippen molar-refractivity contribution in [3.05, 3.63) is 28.8 Å². The average molecular weight is 1480 g/mol. The van der Waals surface area contributed by atoms with Gasteiger partial charge in [-0.15, -0.1) is 0 Å². The molecule has 1 aromatic rings. The first-order valence-electron chi connectivity index (χ1n) is 34.4. The fourth-order valence-electron chi connectivity index (χ4n) is 11.3. The summed E-state index contributed by atoms with van der Waals surface area (Å²) in [6.45, 7) is 37.2. The molecule has 0 aromatic heterocycles. The van der Waals surface area contributed by atoms with Crippen LogP contribution in [-0.4, -0.2) is 245 Å². The first kappa shape index (κ1) is 86.9. The van der Waals surface area contributed by atoms with Gasteiger partial charge in [-0.3, -0.25) is 4.18 Å². The maximum absolute atomic E-state index is 15.1. The van der Waals surface area contributed by atoms with E-state index in [0.29, 0.717) is 11.1 Å². The number of nitrogens with one attached hydrogen (secondary N) is 6.